The molecule has 2 amide bonds. The van der Waals surface area contributed by atoms with Gasteiger partial charge in [0.2, 0.25) is 0 Å². The topological polar surface area (TPSA) is 54.0 Å². The van der Waals surface area contributed by atoms with Gasteiger partial charge in [-0.2, -0.15) is 0 Å². The molecular weight excluding hydrogens is 270 g/mol. The Bertz CT molecular complexity index is 485. The van der Waals surface area contributed by atoms with E-state index in [0.29, 0.717) is 17.2 Å². The van der Waals surface area contributed by atoms with Crippen LogP contribution in [0.5, 0.6) is 11.5 Å². The molecule has 2 rings (SSSR count). The van der Waals surface area contributed by atoms with E-state index in [1.807, 2.05) is 11.0 Å². The lowest BCUT2D eigenvalue weighted by molar-refractivity contribution is 0.151. The molecule has 1 aromatic carbocycles. The minimum atomic E-state index is -0.0713. The minimum Gasteiger partial charge on any atom is -0.493 e. The van der Waals surface area contributed by atoms with Crippen LogP contribution < -0.4 is 14.8 Å². The van der Waals surface area contributed by atoms with Gasteiger partial charge in [-0.1, -0.05) is 6.92 Å². The smallest absolute Gasteiger partial charge is 0.321 e. The summed E-state index contributed by atoms with van der Waals surface area (Å²) in [5.74, 6) is 1.25. The number of benzene rings is 1. The normalized spacial score (nSPS) is 15.7. The Hall–Kier alpha value is -1.95. The molecule has 1 aromatic rings. The number of hydrogen-bond donors (Lipinski definition) is 1. The molecule has 1 N–H and O–H groups in total. The maximum atomic E-state index is 12.2. The van der Waals surface area contributed by atoms with Crippen molar-refractivity contribution in [1.29, 1.82) is 0 Å². The summed E-state index contributed by atoms with van der Waals surface area (Å²) in [7, 11) is 3.16. The SMILES string of the molecule is CCN1CCN(C(=O)Nc2ccc(OC)c(OC)c2)CC1. The van der Waals surface area contributed by atoms with Crippen LogP contribution in [0.1, 0.15) is 6.92 Å². The zero-order valence-corrected chi connectivity index (χ0v) is 12.9. The first kappa shape index (κ1) is 15.4. The van der Waals surface area contributed by atoms with Gasteiger partial charge in [0, 0.05) is 37.9 Å². The van der Waals surface area contributed by atoms with Crippen LogP contribution in [0.15, 0.2) is 18.2 Å². The second-order valence-corrected chi connectivity index (χ2v) is 4.92. The number of likely N-dealkylation sites (N-methyl/N-ethyl adjacent to an activating group) is 1. The molecule has 1 fully saturated rings. The summed E-state index contributed by atoms with van der Waals surface area (Å²) < 4.78 is 10.4. The second kappa shape index (κ2) is 7.17. The first-order valence-electron chi connectivity index (χ1n) is 7.18. The average Bonchev–Trinajstić information content (AvgIpc) is 2.54. The number of hydrogen-bond acceptors (Lipinski definition) is 4. The highest BCUT2D eigenvalue weighted by molar-refractivity contribution is 5.89. The second-order valence-electron chi connectivity index (χ2n) is 4.92. The molecule has 0 aromatic heterocycles. The van der Waals surface area contributed by atoms with Crippen LogP contribution in [-0.2, 0) is 0 Å². The standard InChI is InChI=1S/C15H23N3O3/c1-4-17-7-9-18(10-8-17)15(19)16-12-5-6-13(20-2)14(11-12)21-3/h5-6,11H,4,7-10H2,1-3H3,(H,16,19). The monoisotopic (exact) mass is 293 g/mol. The van der Waals surface area contributed by atoms with E-state index in [1.54, 1.807) is 26.4 Å². The highest BCUT2D eigenvalue weighted by Gasteiger charge is 2.20. The fraction of sp³-hybridized carbons (Fsp3) is 0.533. The van der Waals surface area contributed by atoms with E-state index in [9.17, 15) is 4.79 Å². The zero-order valence-electron chi connectivity index (χ0n) is 12.9. The van der Waals surface area contributed by atoms with Gasteiger partial charge in [0.1, 0.15) is 0 Å². The van der Waals surface area contributed by atoms with Crippen molar-refractivity contribution in [2.45, 2.75) is 6.92 Å². The molecule has 1 heterocycles. The van der Waals surface area contributed by atoms with Crippen molar-refractivity contribution < 1.29 is 14.3 Å². The maximum Gasteiger partial charge on any atom is 0.321 e. The summed E-state index contributed by atoms with van der Waals surface area (Å²) in [5, 5.41) is 2.90. The maximum absolute atomic E-state index is 12.2. The lowest BCUT2D eigenvalue weighted by Gasteiger charge is -2.34. The van der Waals surface area contributed by atoms with Gasteiger partial charge in [0.15, 0.2) is 11.5 Å². The molecule has 21 heavy (non-hydrogen) atoms. The van der Waals surface area contributed by atoms with Gasteiger partial charge < -0.3 is 24.6 Å². The molecule has 6 nitrogen and oxygen atoms in total. The number of piperazine rings is 1. The molecule has 0 spiro atoms. The van der Waals surface area contributed by atoms with E-state index < -0.39 is 0 Å². The average molecular weight is 293 g/mol. The summed E-state index contributed by atoms with van der Waals surface area (Å²) in [5.41, 5.74) is 0.704. The number of carbonyl (C=O) groups excluding carboxylic acids is 1. The number of ether oxygens (including phenoxy) is 2. The summed E-state index contributed by atoms with van der Waals surface area (Å²) >= 11 is 0. The van der Waals surface area contributed by atoms with Crippen molar-refractivity contribution in [3.8, 4) is 11.5 Å². The third-order valence-corrected chi connectivity index (χ3v) is 3.74. The van der Waals surface area contributed by atoms with E-state index in [1.165, 1.54) is 0 Å². The Morgan fingerprint density at radius 2 is 1.81 bits per heavy atom. The molecule has 6 heteroatoms. The Morgan fingerprint density at radius 1 is 1.14 bits per heavy atom. The highest BCUT2D eigenvalue weighted by Crippen LogP contribution is 2.29. The zero-order chi connectivity index (χ0) is 15.2. The molecule has 0 radical (unpaired) electrons. The molecule has 0 aliphatic carbocycles. The largest absolute Gasteiger partial charge is 0.493 e. The number of carbonyl (C=O) groups is 1. The van der Waals surface area contributed by atoms with Gasteiger partial charge in [0.25, 0.3) is 0 Å². The van der Waals surface area contributed by atoms with E-state index in [-0.39, 0.29) is 6.03 Å². The van der Waals surface area contributed by atoms with Crippen LogP contribution in [0, 0.1) is 0 Å². The predicted molar refractivity (Wildman–Crippen MR) is 82.3 cm³/mol. The van der Waals surface area contributed by atoms with Gasteiger partial charge in [-0.25, -0.2) is 4.79 Å². The molecule has 0 atom stereocenters. The van der Waals surface area contributed by atoms with Crippen LogP contribution in [-0.4, -0.2) is 62.8 Å². The van der Waals surface area contributed by atoms with Gasteiger partial charge in [-0.3, -0.25) is 0 Å². The Labute approximate surface area is 125 Å². The van der Waals surface area contributed by atoms with E-state index in [4.69, 9.17) is 9.47 Å². The molecule has 0 bridgehead atoms. The molecule has 0 saturated carbocycles. The summed E-state index contributed by atoms with van der Waals surface area (Å²) in [4.78, 5) is 16.4. The fourth-order valence-corrected chi connectivity index (χ4v) is 2.38. The summed E-state index contributed by atoms with van der Waals surface area (Å²) in [6.45, 7) is 6.54. The quantitative estimate of drug-likeness (QED) is 0.921. The number of anilines is 1. The number of amides is 2. The van der Waals surface area contributed by atoms with Crippen molar-refractivity contribution >= 4 is 11.7 Å². The minimum absolute atomic E-state index is 0.0713. The molecular formula is C15H23N3O3. The van der Waals surface area contributed by atoms with Crippen LogP contribution in [0.2, 0.25) is 0 Å². The van der Waals surface area contributed by atoms with Crippen molar-refractivity contribution in [3.05, 3.63) is 18.2 Å². The number of nitrogens with one attached hydrogen (secondary N) is 1. The number of methoxy groups -OCH3 is 2. The van der Waals surface area contributed by atoms with Crippen molar-refractivity contribution in [2.24, 2.45) is 0 Å². The molecule has 1 aliphatic rings. The van der Waals surface area contributed by atoms with E-state index in [2.05, 4.69) is 17.1 Å². The van der Waals surface area contributed by atoms with Gasteiger partial charge >= 0.3 is 6.03 Å². The number of nitrogens with zero attached hydrogens (tertiary/aromatic N) is 2. The molecule has 1 saturated heterocycles. The van der Waals surface area contributed by atoms with Gasteiger partial charge in [0.05, 0.1) is 14.2 Å². The van der Waals surface area contributed by atoms with Crippen LogP contribution in [0.25, 0.3) is 0 Å². The first-order valence-corrected chi connectivity index (χ1v) is 7.18. The Kier molecular flexibility index (Phi) is 5.27. The van der Waals surface area contributed by atoms with Crippen LogP contribution in [0.4, 0.5) is 10.5 Å². The Balaban J connectivity index is 1.96. The van der Waals surface area contributed by atoms with Crippen molar-refractivity contribution in [2.75, 3.05) is 52.3 Å². The first-order chi connectivity index (χ1) is 10.2. The lowest BCUT2D eigenvalue weighted by atomic mass is 10.2. The molecule has 0 unspecified atom stereocenters. The van der Waals surface area contributed by atoms with Crippen LogP contribution in [0.3, 0.4) is 0 Å². The highest BCUT2D eigenvalue weighted by atomic mass is 16.5. The molecule has 116 valence electrons. The van der Waals surface area contributed by atoms with Crippen molar-refractivity contribution in [3.63, 3.8) is 0 Å². The summed E-state index contributed by atoms with van der Waals surface area (Å²) in [6, 6.07) is 5.28. The third kappa shape index (κ3) is 3.78. The summed E-state index contributed by atoms with van der Waals surface area (Å²) in [6.07, 6.45) is 0. The third-order valence-electron chi connectivity index (χ3n) is 3.74. The predicted octanol–water partition coefficient (Wildman–Crippen LogP) is 1.87. The van der Waals surface area contributed by atoms with Gasteiger partial charge in [-0.15, -0.1) is 0 Å². The van der Waals surface area contributed by atoms with Crippen LogP contribution >= 0.6 is 0 Å². The Morgan fingerprint density at radius 3 is 2.38 bits per heavy atom. The van der Waals surface area contributed by atoms with Crippen molar-refractivity contribution in [1.82, 2.24) is 9.80 Å². The van der Waals surface area contributed by atoms with E-state index >= 15 is 0 Å². The van der Waals surface area contributed by atoms with Gasteiger partial charge in [-0.05, 0) is 18.7 Å². The van der Waals surface area contributed by atoms with E-state index in [0.717, 1.165) is 32.7 Å². The lowest BCUT2D eigenvalue weighted by Crippen LogP contribution is -2.49. The fourth-order valence-electron chi connectivity index (χ4n) is 2.38. The molecule has 1 aliphatic heterocycles. The number of urea groups is 1. The number of rotatable bonds is 4.